The van der Waals surface area contributed by atoms with Crippen LogP contribution in [0.5, 0.6) is 51.7 Å². The lowest BCUT2D eigenvalue weighted by molar-refractivity contribution is 0.427. The number of aromatic hydroxyl groups is 9. The van der Waals surface area contributed by atoms with Crippen LogP contribution in [0.2, 0.25) is 0 Å². The third-order valence-electron chi connectivity index (χ3n) is 11.2. The first kappa shape index (κ1) is 30.6. The second-order valence-corrected chi connectivity index (χ2v) is 13.9. The van der Waals surface area contributed by atoms with Gasteiger partial charge in [0.05, 0.1) is 0 Å². The van der Waals surface area contributed by atoms with Gasteiger partial charge in [0.2, 0.25) is 0 Å². The van der Waals surface area contributed by atoms with E-state index in [1.807, 2.05) is 6.07 Å². The van der Waals surface area contributed by atoms with Crippen molar-refractivity contribution in [3.8, 4) is 51.7 Å². The number of benzene rings is 6. The molecule has 3 aliphatic rings. The Morgan fingerprint density at radius 1 is 0.275 bits per heavy atom. The van der Waals surface area contributed by atoms with Crippen molar-refractivity contribution < 1.29 is 46.0 Å². The van der Waals surface area contributed by atoms with Crippen molar-refractivity contribution in [3.63, 3.8) is 0 Å². The largest absolute Gasteiger partial charge is 0.508 e. The normalized spacial score (nSPS) is 22.4. The summed E-state index contributed by atoms with van der Waals surface area (Å²) in [6.45, 7) is 0. The summed E-state index contributed by atoms with van der Waals surface area (Å²) >= 11 is 0. The zero-order valence-electron chi connectivity index (χ0n) is 26.8. The molecule has 51 heavy (non-hydrogen) atoms. The highest BCUT2D eigenvalue weighted by molar-refractivity contribution is 5.74. The van der Waals surface area contributed by atoms with Gasteiger partial charge in [-0.2, -0.15) is 0 Å². The van der Waals surface area contributed by atoms with Crippen molar-refractivity contribution in [2.24, 2.45) is 0 Å². The molecule has 9 rings (SSSR count). The summed E-state index contributed by atoms with van der Waals surface area (Å²) in [5.41, 5.74) is 5.99. The monoisotopic (exact) mass is 680 g/mol. The molecule has 6 unspecified atom stereocenters. The van der Waals surface area contributed by atoms with Gasteiger partial charge in [-0.05, 0) is 93.5 Å². The van der Waals surface area contributed by atoms with Gasteiger partial charge in [0.15, 0.2) is 0 Å². The lowest BCUT2D eigenvalue weighted by Gasteiger charge is -2.36. The van der Waals surface area contributed by atoms with E-state index in [2.05, 4.69) is 0 Å². The summed E-state index contributed by atoms with van der Waals surface area (Å²) in [6, 6.07) is 26.8. The Hall–Kier alpha value is -6.48. The van der Waals surface area contributed by atoms with E-state index in [4.69, 9.17) is 0 Å². The van der Waals surface area contributed by atoms with Gasteiger partial charge in [-0.1, -0.05) is 30.3 Å². The Morgan fingerprint density at radius 3 is 1.45 bits per heavy atom. The zero-order chi connectivity index (χ0) is 35.5. The molecule has 0 heterocycles. The van der Waals surface area contributed by atoms with Crippen molar-refractivity contribution in [2.45, 2.75) is 35.5 Å². The van der Waals surface area contributed by atoms with Crippen molar-refractivity contribution in [3.05, 3.63) is 159 Å². The summed E-state index contributed by atoms with van der Waals surface area (Å²) in [4.78, 5) is 0. The minimum atomic E-state index is -0.802. The maximum atomic E-state index is 12.1. The van der Waals surface area contributed by atoms with Gasteiger partial charge in [-0.3, -0.25) is 0 Å². The van der Waals surface area contributed by atoms with Crippen LogP contribution in [-0.4, -0.2) is 46.0 Å². The molecule has 0 amide bonds. The van der Waals surface area contributed by atoms with Crippen molar-refractivity contribution in [2.75, 3.05) is 0 Å². The fourth-order valence-electron chi connectivity index (χ4n) is 9.55. The number of phenolic OH excluding ortho intramolecular Hbond substituents is 9. The molecule has 2 bridgehead atoms. The Balaban J connectivity index is 1.48. The van der Waals surface area contributed by atoms with Crippen LogP contribution < -0.4 is 0 Å². The predicted octanol–water partition coefficient (Wildman–Crippen LogP) is 7.47. The topological polar surface area (TPSA) is 182 Å². The van der Waals surface area contributed by atoms with E-state index in [0.29, 0.717) is 38.9 Å². The SMILES string of the molecule is Oc1ccc(C2c3cc(O)ccc3C3c4c(O)cc(O)cc4C2c2c(O)cc(O)c4c2C3C(c2ccc(O)cc2)C4c2cc(O)cc(O)c2)cc1. The third-order valence-corrected chi connectivity index (χ3v) is 11.2. The molecule has 9 N–H and O–H groups in total. The molecule has 254 valence electrons. The molecule has 0 aliphatic heterocycles. The predicted molar refractivity (Wildman–Crippen MR) is 186 cm³/mol. The van der Waals surface area contributed by atoms with E-state index < -0.39 is 35.5 Å². The third kappa shape index (κ3) is 4.40. The highest BCUT2D eigenvalue weighted by atomic mass is 16.3. The molecule has 0 radical (unpaired) electrons. The number of rotatable bonds is 3. The minimum Gasteiger partial charge on any atom is -0.508 e. The summed E-state index contributed by atoms with van der Waals surface area (Å²) in [6.07, 6.45) is 0. The van der Waals surface area contributed by atoms with Crippen molar-refractivity contribution >= 4 is 0 Å². The molecule has 9 heteroatoms. The van der Waals surface area contributed by atoms with Crippen LogP contribution >= 0.6 is 0 Å². The van der Waals surface area contributed by atoms with Crippen LogP contribution in [0.1, 0.15) is 91.1 Å². The van der Waals surface area contributed by atoms with Crippen LogP contribution in [0.15, 0.2) is 103 Å². The van der Waals surface area contributed by atoms with E-state index in [9.17, 15) is 46.0 Å². The average molecular weight is 681 g/mol. The Morgan fingerprint density at radius 2 is 0.804 bits per heavy atom. The average Bonchev–Trinajstić information content (AvgIpc) is 3.29. The van der Waals surface area contributed by atoms with Gasteiger partial charge in [-0.25, -0.2) is 0 Å². The molecule has 3 aliphatic carbocycles. The highest BCUT2D eigenvalue weighted by Crippen LogP contribution is 2.71. The number of hydrogen-bond donors (Lipinski definition) is 9. The number of hydrogen-bond acceptors (Lipinski definition) is 9. The molecular weight excluding hydrogens is 648 g/mol. The maximum Gasteiger partial charge on any atom is 0.123 e. The van der Waals surface area contributed by atoms with E-state index in [1.165, 1.54) is 30.3 Å². The van der Waals surface area contributed by atoms with Crippen molar-refractivity contribution in [1.29, 1.82) is 0 Å². The molecule has 0 spiro atoms. The Bertz CT molecular complexity index is 2380. The van der Waals surface area contributed by atoms with Crippen LogP contribution in [0, 0.1) is 0 Å². The van der Waals surface area contributed by atoms with Crippen molar-refractivity contribution in [1.82, 2.24) is 0 Å². The lowest BCUT2D eigenvalue weighted by Crippen LogP contribution is -2.22. The van der Waals surface area contributed by atoms with E-state index in [1.54, 1.807) is 66.7 Å². The molecular formula is C42H32O9. The zero-order valence-corrected chi connectivity index (χ0v) is 26.8. The number of phenols is 9. The summed E-state index contributed by atoms with van der Waals surface area (Å²) in [5, 5.41) is 100.0. The van der Waals surface area contributed by atoms with Crippen LogP contribution in [0.3, 0.4) is 0 Å². The van der Waals surface area contributed by atoms with E-state index in [0.717, 1.165) is 16.7 Å². The van der Waals surface area contributed by atoms with Gasteiger partial charge in [0, 0.05) is 70.4 Å². The van der Waals surface area contributed by atoms with Crippen LogP contribution in [0.25, 0.3) is 0 Å². The second kappa shape index (κ2) is 10.8. The second-order valence-electron chi connectivity index (χ2n) is 13.9. The van der Waals surface area contributed by atoms with Crippen LogP contribution in [-0.2, 0) is 0 Å². The first-order chi connectivity index (χ1) is 24.5. The standard InChI is InChI=1S/C42H32O9/c43-21-5-1-18(2-6-21)33-28-14-23(45)9-10-27(28)37-36-29(15-26(48)16-30(36)49)38(33)40-32(51)17-31(50)39-35(20-11-24(46)13-25(47)12-20)34(41(37)42(39)40)19-3-7-22(44)8-4-19/h1-17,33-35,37-38,41,43-51H. The summed E-state index contributed by atoms with van der Waals surface area (Å²) in [7, 11) is 0. The molecule has 6 atom stereocenters. The minimum absolute atomic E-state index is 0.000846. The van der Waals surface area contributed by atoms with Crippen LogP contribution in [0.4, 0.5) is 0 Å². The van der Waals surface area contributed by atoms with Gasteiger partial charge in [-0.15, -0.1) is 0 Å². The highest BCUT2D eigenvalue weighted by Gasteiger charge is 2.56. The first-order valence-electron chi connectivity index (χ1n) is 16.6. The fourth-order valence-corrected chi connectivity index (χ4v) is 9.55. The maximum absolute atomic E-state index is 12.1. The number of fused-ring (bicyclic) bond motifs is 4. The Labute approximate surface area is 291 Å². The molecule has 6 aromatic carbocycles. The van der Waals surface area contributed by atoms with E-state index >= 15 is 0 Å². The molecule has 0 aromatic heterocycles. The molecule has 9 nitrogen and oxygen atoms in total. The van der Waals surface area contributed by atoms with Gasteiger partial charge < -0.3 is 46.0 Å². The smallest absolute Gasteiger partial charge is 0.123 e. The van der Waals surface area contributed by atoms with Gasteiger partial charge >= 0.3 is 0 Å². The van der Waals surface area contributed by atoms with Gasteiger partial charge in [0.1, 0.15) is 51.7 Å². The molecule has 6 aromatic rings. The molecule has 0 saturated heterocycles. The fraction of sp³-hybridized carbons (Fsp3) is 0.143. The summed E-state index contributed by atoms with van der Waals surface area (Å²) in [5.74, 6) is -5.11. The molecule has 0 saturated carbocycles. The lowest BCUT2D eigenvalue weighted by atomic mass is 9.66. The van der Waals surface area contributed by atoms with E-state index in [-0.39, 0.29) is 51.7 Å². The Kier molecular flexibility index (Phi) is 6.45. The molecule has 0 fully saturated rings. The first-order valence-corrected chi connectivity index (χ1v) is 16.6. The summed E-state index contributed by atoms with van der Waals surface area (Å²) < 4.78 is 0. The van der Waals surface area contributed by atoms with Gasteiger partial charge in [0.25, 0.3) is 0 Å². The quantitative estimate of drug-likeness (QED) is 0.0916.